The van der Waals surface area contributed by atoms with Crippen molar-refractivity contribution < 1.29 is 23.8 Å². The summed E-state index contributed by atoms with van der Waals surface area (Å²) in [6.45, 7) is 5.26. The lowest BCUT2D eigenvalue weighted by Gasteiger charge is -2.13. The fourth-order valence-corrected chi connectivity index (χ4v) is 3.99. The van der Waals surface area contributed by atoms with Crippen molar-refractivity contribution in [1.82, 2.24) is 4.90 Å². The maximum atomic E-state index is 12.7. The Hall–Kier alpha value is -2.06. The van der Waals surface area contributed by atoms with Crippen LogP contribution in [0.2, 0.25) is 0 Å². The first kappa shape index (κ1) is 23.2. The molecule has 6 nitrogen and oxygen atoms in total. The van der Waals surface area contributed by atoms with E-state index in [1.165, 1.54) is 16.7 Å². The molecular formula is C21H27NO5S2. The van der Waals surface area contributed by atoms with Gasteiger partial charge in [0.15, 0.2) is 11.5 Å². The van der Waals surface area contributed by atoms with Gasteiger partial charge in [-0.2, -0.15) is 0 Å². The van der Waals surface area contributed by atoms with Crippen LogP contribution in [0.4, 0.5) is 0 Å². The number of hydrogen-bond acceptors (Lipinski definition) is 7. The number of unbranched alkanes of at least 4 members (excludes halogenated alkanes) is 1. The Labute approximate surface area is 181 Å². The van der Waals surface area contributed by atoms with E-state index < -0.39 is 0 Å². The molecule has 158 valence electrons. The number of carbonyl (C=O) groups excluding carboxylic acids is 2. The highest BCUT2D eigenvalue weighted by Gasteiger charge is 2.31. The summed E-state index contributed by atoms with van der Waals surface area (Å²) in [6.07, 6.45) is 4.60. The second kappa shape index (κ2) is 11.8. The van der Waals surface area contributed by atoms with Gasteiger partial charge in [0.2, 0.25) is 0 Å². The second-order valence-corrected chi connectivity index (χ2v) is 8.03. The Balaban J connectivity index is 2.03. The number of rotatable bonds is 11. The zero-order valence-electron chi connectivity index (χ0n) is 17.1. The lowest BCUT2D eigenvalue weighted by atomic mass is 10.2. The molecule has 0 spiro atoms. The molecule has 2 rings (SSSR count). The molecule has 0 N–H and O–H groups in total. The molecule has 0 saturated carbocycles. The van der Waals surface area contributed by atoms with E-state index in [1.54, 1.807) is 20.1 Å². The van der Waals surface area contributed by atoms with Gasteiger partial charge in [0.05, 0.1) is 25.2 Å². The fourth-order valence-electron chi connectivity index (χ4n) is 2.68. The molecule has 1 aliphatic heterocycles. The van der Waals surface area contributed by atoms with Crippen LogP contribution in [0.1, 0.15) is 45.1 Å². The van der Waals surface area contributed by atoms with Crippen molar-refractivity contribution in [3.63, 3.8) is 0 Å². The lowest BCUT2D eigenvalue weighted by Crippen LogP contribution is -2.29. The summed E-state index contributed by atoms with van der Waals surface area (Å²) >= 11 is 6.60. The Bertz CT molecular complexity index is 778. The smallest absolute Gasteiger partial charge is 0.305 e. The normalized spacial score (nSPS) is 15.1. The van der Waals surface area contributed by atoms with Gasteiger partial charge in [0, 0.05) is 13.0 Å². The first-order valence-corrected chi connectivity index (χ1v) is 10.9. The molecule has 0 aromatic heterocycles. The number of esters is 1. The minimum absolute atomic E-state index is 0.147. The Morgan fingerprint density at radius 1 is 1.24 bits per heavy atom. The minimum Gasteiger partial charge on any atom is -0.493 e. The standard InChI is InChI=1S/C21H27NO5S2/c1-4-6-12-27-16-10-9-15(13-17(16)25-3)14-18-20(24)22(21(28)29-18)11-7-8-19(23)26-5-2/h9-10,13-14H,4-8,11-12H2,1-3H3/b18-14-. The summed E-state index contributed by atoms with van der Waals surface area (Å²) in [7, 11) is 1.59. The predicted molar refractivity (Wildman–Crippen MR) is 119 cm³/mol. The van der Waals surface area contributed by atoms with Gasteiger partial charge >= 0.3 is 5.97 Å². The first-order chi connectivity index (χ1) is 14.0. The molecule has 1 aromatic carbocycles. The molecule has 0 bridgehead atoms. The maximum Gasteiger partial charge on any atom is 0.305 e. The molecule has 1 fully saturated rings. The van der Waals surface area contributed by atoms with Crippen LogP contribution in [0, 0.1) is 0 Å². The topological polar surface area (TPSA) is 65.1 Å². The molecule has 1 aromatic rings. The van der Waals surface area contributed by atoms with Crippen LogP contribution >= 0.6 is 24.0 Å². The van der Waals surface area contributed by atoms with Crippen molar-refractivity contribution >= 4 is 46.3 Å². The van der Waals surface area contributed by atoms with Crippen molar-refractivity contribution in [1.29, 1.82) is 0 Å². The van der Waals surface area contributed by atoms with Crippen LogP contribution in [0.3, 0.4) is 0 Å². The number of methoxy groups -OCH3 is 1. The zero-order valence-corrected chi connectivity index (χ0v) is 18.7. The monoisotopic (exact) mass is 437 g/mol. The molecule has 29 heavy (non-hydrogen) atoms. The highest BCUT2D eigenvalue weighted by atomic mass is 32.2. The van der Waals surface area contributed by atoms with E-state index in [4.69, 9.17) is 26.4 Å². The summed E-state index contributed by atoms with van der Waals surface area (Å²) in [6, 6.07) is 5.58. The summed E-state index contributed by atoms with van der Waals surface area (Å²) < 4.78 is 16.6. The number of benzene rings is 1. The summed E-state index contributed by atoms with van der Waals surface area (Å²) in [5.41, 5.74) is 0.830. The largest absolute Gasteiger partial charge is 0.493 e. The van der Waals surface area contributed by atoms with Crippen LogP contribution in [-0.2, 0) is 14.3 Å². The third kappa shape index (κ3) is 6.75. The third-order valence-corrected chi connectivity index (χ3v) is 5.56. The van der Waals surface area contributed by atoms with Crippen LogP contribution in [0.15, 0.2) is 23.1 Å². The molecular weight excluding hydrogens is 410 g/mol. The molecule has 1 heterocycles. The highest BCUT2D eigenvalue weighted by Crippen LogP contribution is 2.35. The number of hydrogen-bond donors (Lipinski definition) is 0. The number of nitrogens with zero attached hydrogens (tertiary/aromatic N) is 1. The number of carbonyl (C=O) groups is 2. The number of amides is 1. The van der Waals surface area contributed by atoms with Gasteiger partial charge in [0.25, 0.3) is 5.91 Å². The number of thioether (sulfide) groups is 1. The molecule has 1 aliphatic rings. The van der Waals surface area contributed by atoms with Crippen LogP contribution in [0.25, 0.3) is 6.08 Å². The van der Waals surface area contributed by atoms with Gasteiger partial charge in [-0.3, -0.25) is 14.5 Å². The first-order valence-electron chi connectivity index (χ1n) is 9.72. The Morgan fingerprint density at radius 3 is 2.72 bits per heavy atom. The van der Waals surface area contributed by atoms with Gasteiger partial charge in [-0.25, -0.2) is 0 Å². The predicted octanol–water partition coefficient (Wildman–Crippen LogP) is 4.42. The van der Waals surface area contributed by atoms with E-state index in [0.29, 0.717) is 46.9 Å². The molecule has 0 aliphatic carbocycles. The third-order valence-electron chi connectivity index (χ3n) is 4.18. The van der Waals surface area contributed by atoms with Crippen molar-refractivity contribution in [2.45, 2.75) is 39.5 Å². The quantitative estimate of drug-likeness (QED) is 0.220. The lowest BCUT2D eigenvalue weighted by molar-refractivity contribution is -0.143. The van der Waals surface area contributed by atoms with E-state index in [2.05, 4.69) is 6.92 Å². The summed E-state index contributed by atoms with van der Waals surface area (Å²) in [5.74, 6) is 0.900. The van der Waals surface area contributed by atoms with Gasteiger partial charge < -0.3 is 14.2 Å². The van der Waals surface area contributed by atoms with E-state index in [9.17, 15) is 9.59 Å². The number of thiocarbonyl (C=S) groups is 1. The summed E-state index contributed by atoms with van der Waals surface area (Å²) in [5, 5.41) is 0. The average molecular weight is 438 g/mol. The Morgan fingerprint density at radius 2 is 2.03 bits per heavy atom. The van der Waals surface area contributed by atoms with E-state index in [-0.39, 0.29) is 18.3 Å². The molecule has 0 atom stereocenters. The minimum atomic E-state index is -0.262. The Kier molecular flexibility index (Phi) is 9.47. The van der Waals surface area contributed by atoms with E-state index in [0.717, 1.165) is 18.4 Å². The molecule has 1 amide bonds. The van der Waals surface area contributed by atoms with Gasteiger partial charge in [0.1, 0.15) is 4.32 Å². The van der Waals surface area contributed by atoms with Crippen molar-refractivity contribution in [2.24, 2.45) is 0 Å². The summed E-state index contributed by atoms with van der Waals surface area (Å²) in [4.78, 5) is 26.2. The maximum absolute atomic E-state index is 12.7. The van der Waals surface area contributed by atoms with E-state index >= 15 is 0 Å². The van der Waals surface area contributed by atoms with Crippen molar-refractivity contribution in [2.75, 3.05) is 26.9 Å². The van der Waals surface area contributed by atoms with Crippen molar-refractivity contribution in [3.05, 3.63) is 28.7 Å². The molecule has 0 unspecified atom stereocenters. The van der Waals surface area contributed by atoms with E-state index in [1.807, 2.05) is 18.2 Å². The van der Waals surface area contributed by atoms with Crippen LogP contribution in [0.5, 0.6) is 11.5 Å². The number of ether oxygens (including phenoxy) is 3. The average Bonchev–Trinajstić information content (AvgIpc) is 2.96. The SMILES string of the molecule is CCCCOc1ccc(/C=C2\SC(=S)N(CCCC(=O)OCC)C2=O)cc1OC. The zero-order chi connectivity index (χ0) is 21.2. The van der Waals surface area contributed by atoms with Gasteiger partial charge in [-0.1, -0.05) is 43.4 Å². The van der Waals surface area contributed by atoms with Crippen LogP contribution in [-0.4, -0.2) is 48.0 Å². The second-order valence-electron chi connectivity index (χ2n) is 6.35. The highest BCUT2D eigenvalue weighted by molar-refractivity contribution is 8.26. The molecule has 1 saturated heterocycles. The van der Waals surface area contributed by atoms with Crippen LogP contribution < -0.4 is 9.47 Å². The van der Waals surface area contributed by atoms with Gasteiger partial charge in [-0.15, -0.1) is 0 Å². The van der Waals surface area contributed by atoms with Crippen molar-refractivity contribution in [3.8, 4) is 11.5 Å². The molecule has 0 radical (unpaired) electrons. The fraction of sp³-hybridized carbons (Fsp3) is 0.476. The van der Waals surface area contributed by atoms with Gasteiger partial charge in [-0.05, 0) is 43.5 Å². The molecule has 8 heteroatoms.